The number of aryl methyl sites for hydroxylation is 1. The van der Waals surface area contributed by atoms with Gasteiger partial charge in [-0.2, -0.15) is 0 Å². The Morgan fingerprint density at radius 3 is 2.36 bits per heavy atom. The van der Waals surface area contributed by atoms with Crippen molar-refractivity contribution in [2.24, 2.45) is 0 Å². The van der Waals surface area contributed by atoms with Gasteiger partial charge in [-0.25, -0.2) is 4.79 Å². The van der Waals surface area contributed by atoms with Crippen molar-refractivity contribution in [2.45, 2.75) is 39.7 Å². The minimum absolute atomic E-state index is 0.0211. The van der Waals surface area contributed by atoms with E-state index in [1.807, 2.05) is 13.8 Å². The first kappa shape index (κ1) is 18.5. The molecule has 1 aromatic heterocycles. The summed E-state index contributed by atoms with van der Waals surface area (Å²) in [6.45, 7) is 6.94. The molecule has 0 aliphatic rings. The Morgan fingerprint density at radius 2 is 1.80 bits per heavy atom. The van der Waals surface area contributed by atoms with Gasteiger partial charge < -0.3 is 19.3 Å². The van der Waals surface area contributed by atoms with Gasteiger partial charge in [0, 0.05) is 11.6 Å². The number of hydrogen-bond acceptors (Lipinski definition) is 6. The van der Waals surface area contributed by atoms with Crippen molar-refractivity contribution in [1.29, 1.82) is 0 Å². The van der Waals surface area contributed by atoms with Crippen molar-refractivity contribution in [2.75, 3.05) is 12.4 Å². The van der Waals surface area contributed by atoms with Gasteiger partial charge in [-0.15, -0.1) is 0 Å². The topological polar surface area (TPSA) is 90.7 Å². The summed E-state index contributed by atoms with van der Waals surface area (Å²) < 4.78 is 15.5. The van der Waals surface area contributed by atoms with Crippen LogP contribution in [0.5, 0.6) is 5.75 Å². The normalized spacial score (nSPS) is 11.9. The van der Waals surface area contributed by atoms with E-state index in [-0.39, 0.29) is 11.5 Å². The molecule has 7 nitrogen and oxygen atoms in total. The van der Waals surface area contributed by atoms with E-state index in [1.54, 1.807) is 38.3 Å². The number of methoxy groups -OCH3 is 1. The second kappa shape index (κ2) is 7.83. The summed E-state index contributed by atoms with van der Waals surface area (Å²) in [5, 5.41) is 6.49. The molecule has 134 valence electrons. The number of aromatic nitrogens is 1. The second-order valence-electron chi connectivity index (χ2n) is 5.93. The molecular weight excluding hydrogens is 324 g/mol. The second-order valence-corrected chi connectivity index (χ2v) is 5.93. The maximum absolute atomic E-state index is 12.4. The summed E-state index contributed by atoms with van der Waals surface area (Å²) >= 11 is 0. The maximum Gasteiger partial charge on any atom is 0.344 e. The number of nitrogens with one attached hydrogen (secondary N) is 1. The van der Waals surface area contributed by atoms with Gasteiger partial charge in [0.1, 0.15) is 11.3 Å². The number of nitrogens with zero attached hydrogens (tertiary/aromatic N) is 1. The first-order chi connectivity index (χ1) is 11.8. The fraction of sp³-hybridized carbons (Fsp3) is 0.389. The van der Waals surface area contributed by atoms with E-state index in [9.17, 15) is 9.59 Å². The van der Waals surface area contributed by atoms with Crippen LogP contribution >= 0.6 is 0 Å². The lowest BCUT2D eigenvalue weighted by molar-refractivity contribution is -0.123. The van der Waals surface area contributed by atoms with Crippen molar-refractivity contribution >= 4 is 17.6 Å². The van der Waals surface area contributed by atoms with E-state index in [0.717, 1.165) is 0 Å². The minimum Gasteiger partial charge on any atom is -0.497 e. The lowest BCUT2D eigenvalue weighted by Gasteiger charge is -2.14. The third kappa shape index (κ3) is 4.37. The minimum atomic E-state index is -0.969. The number of benzene rings is 1. The number of amides is 1. The monoisotopic (exact) mass is 346 g/mol. The van der Waals surface area contributed by atoms with Crippen molar-refractivity contribution < 1.29 is 23.6 Å². The molecule has 0 saturated carbocycles. The highest BCUT2D eigenvalue weighted by atomic mass is 16.5. The summed E-state index contributed by atoms with van der Waals surface area (Å²) in [6, 6.07) is 6.85. The molecule has 0 saturated heterocycles. The number of rotatable bonds is 6. The van der Waals surface area contributed by atoms with Gasteiger partial charge in [-0.3, -0.25) is 4.79 Å². The van der Waals surface area contributed by atoms with Crippen LogP contribution in [-0.2, 0) is 9.53 Å². The lowest BCUT2D eigenvalue weighted by atomic mass is 10.1. The zero-order valence-electron chi connectivity index (χ0n) is 15.0. The predicted molar refractivity (Wildman–Crippen MR) is 91.8 cm³/mol. The van der Waals surface area contributed by atoms with Crippen LogP contribution < -0.4 is 10.1 Å². The first-order valence-electron chi connectivity index (χ1n) is 7.95. The number of hydrogen-bond donors (Lipinski definition) is 1. The third-order valence-corrected chi connectivity index (χ3v) is 3.63. The van der Waals surface area contributed by atoms with Crippen LogP contribution in [-0.4, -0.2) is 30.2 Å². The quantitative estimate of drug-likeness (QED) is 0.807. The molecule has 2 aromatic rings. The molecule has 0 aliphatic heterocycles. The number of ether oxygens (including phenoxy) is 2. The van der Waals surface area contributed by atoms with Crippen LogP contribution in [0.3, 0.4) is 0 Å². The molecule has 2 rings (SSSR count). The van der Waals surface area contributed by atoms with E-state index < -0.39 is 18.0 Å². The molecule has 1 aromatic carbocycles. The van der Waals surface area contributed by atoms with E-state index in [1.165, 1.54) is 6.92 Å². The lowest BCUT2D eigenvalue weighted by Crippen LogP contribution is -2.30. The van der Waals surface area contributed by atoms with E-state index in [4.69, 9.17) is 14.0 Å². The molecule has 0 bridgehead atoms. The number of carbonyl (C=O) groups excluding carboxylic acids is 2. The van der Waals surface area contributed by atoms with Gasteiger partial charge in [0.25, 0.3) is 5.91 Å². The summed E-state index contributed by atoms with van der Waals surface area (Å²) in [5.74, 6) is 0.0534. The highest BCUT2D eigenvalue weighted by Crippen LogP contribution is 2.23. The molecular formula is C18H22N2O5. The highest BCUT2D eigenvalue weighted by Gasteiger charge is 2.27. The molecule has 7 heteroatoms. The fourth-order valence-corrected chi connectivity index (χ4v) is 2.22. The van der Waals surface area contributed by atoms with E-state index in [2.05, 4.69) is 10.5 Å². The van der Waals surface area contributed by atoms with Crippen molar-refractivity contribution in [3.05, 3.63) is 41.3 Å². The van der Waals surface area contributed by atoms with Crippen LogP contribution in [0.25, 0.3) is 0 Å². The van der Waals surface area contributed by atoms with Crippen LogP contribution in [0.2, 0.25) is 0 Å². The summed E-state index contributed by atoms with van der Waals surface area (Å²) in [4.78, 5) is 24.6. The van der Waals surface area contributed by atoms with Gasteiger partial charge in [-0.1, -0.05) is 19.0 Å². The van der Waals surface area contributed by atoms with Gasteiger partial charge in [0.2, 0.25) is 0 Å². The van der Waals surface area contributed by atoms with Crippen LogP contribution in [0.1, 0.15) is 48.5 Å². The zero-order chi connectivity index (χ0) is 18.6. The average Bonchev–Trinajstić information content (AvgIpc) is 2.97. The Balaban J connectivity index is 2.03. The number of anilines is 1. The average molecular weight is 346 g/mol. The van der Waals surface area contributed by atoms with Gasteiger partial charge >= 0.3 is 5.97 Å². The largest absolute Gasteiger partial charge is 0.497 e. The predicted octanol–water partition coefficient (Wildman–Crippen LogP) is 3.30. The molecule has 1 N–H and O–H groups in total. The first-order valence-corrected chi connectivity index (χ1v) is 7.95. The molecule has 25 heavy (non-hydrogen) atoms. The van der Waals surface area contributed by atoms with Gasteiger partial charge in [-0.05, 0) is 38.1 Å². The summed E-state index contributed by atoms with van der Waals surface area (Å²) in [6.07, 6.45) is -0.969. The van der Waals surface area contributed by atoms with E-state index >= 15 is 0 Å². The molecule has 0 spiro atoms. The Bertz CT molecular complexity index is 749. The van der Waals surface area contributed by atoms with Gasteiger partial charge in [0.15, 0.2) is 11.9 Å². The number of carbonyl (C=O) groups is 2. The summed E-state index contributed by atoms with van der Waals surface area (Å²) in [5.41, 5.74) is 1.30. The molecule has 0 unspecified atom stereocenters. The molecule has 0 radical (unpaired) electrons. The molecule has 0 fully saturated rings. The Kier molecular flexibility index (Phi) is 5.80. The Labute approximate surface area is 146 Å². The van der Waals surface area contributed by atoms with Gasteiger partial charge in [0.05, 0.1) is 12.8 Å². The number of esters is 1. The molecule has 1 heterocycles. The standard InChI is InChI=1S/C18H22N2O5/c1-10(2)16-15(11(3)20-25-16)18(22)24-12(4)17(21)19-13-6-8-14(23-5)9-7-13/h6-10,12H,1-5H3,(H,19,21)/t12-/m1/s1. The van der Waals surface area contributed by atoms with Crippen LogP contribution in [0.4, 0.5) is 5.69 Å². The molecule has 0 aliphatic carbocycles. The van der Waals surface area contributed by atoms with Crippen molar-refractivity contribution in [1.82, 2.24) is 5.16 Å². The van der Waals surface area contributed by atoms with Crippen molar-refractivity contribution in [3.63, 3.8) is 0 Å². The fourth-order valence-electron chi connectivity index (χ4n) is 2.22. The third-order valence-electron chi connectivity index (χ3n) is 3.63. The zero-order valence-corrected chi connectivity index (χ0v) is 15.0. The Morgan fingerprint density at radius 1 is 1.16 bits per heavy atom. The maximum atomic E-state index is 12.4. The Hall–Kier alpha value is -2.83. The summed E-state index contributed by atoms with van der Waals surface area (Å²) in [7, 11) is 1.56. The molecule has 1 atom stereocenters. The van der Waals surface area contributed by atoms with Crippen LogP contribution in [0, 0.1) is 6.92 Å². The molecule has 1 amide bonds. The SMILES string of the molecule is COc1ccc(NC(=O)[C@@H](C)OC(=O)c2c(C)noc2C(C)C)cc1. The van der Waals surface area contributed by atoms with Crippen LogP contribution in [0.15, 0.2) is 28.8 Å². The smallest absolute Gasteiger partial charge is 0.344 e. The highest BCUT2D eigenvalue weighted by molar-refractivity contribution is 5.98. The van der Waals surface area contributed by atoms with Crippen molar-refractivity contribution in [3.8, 4) is 5.75 Å². The van der Waals surface area contributed by atoms with E-state index in [0.29, 0.717) is 22.9 Å².